The van der Waals surface area contributed by atoms with Crippen LogP contribution in [-0.2, 0) is 6.42 Å². The predicted molar refractivity (Wildman–Crippen MR) is 64.8 cm³/mol. The summed E-state index contributed by atoms with van der Waals surface area (Å²) >= 11 is 0. The zero-order valence-electron chi connectivity index (χ0n) is 8.81. The van der Waals surface area contributed by atoms with Crippen molar-refractivity contribution < 1.29 is 9.90 Å². The van der Waals surface area contributed by atoms with E-state index in [1.807, 2.05) is 24.3 Å². The van der Waals surface area contributed by atoms with E-state index in [2.05, 4.69) is 6.58 Å². The van der Waals surface area contributed by atoms with Crippen LogP contribution in [0.5, 0.6) is 0 Å². The van der Waals surface area contributed by atoms with Crippen LogP contribution in [0.4, 0.5) is 0 Å². The van der Waals surface area contributed by atoms with Gasteiger partial charge in [0.05, 0.1) is 5.56 Å². The average molecular weight is 212 g/mol. The summed E-state index contributed by atoms with van der Waals surface area (Å²) in [5.74, 6) is -0.887. The van der Waals surface area contributed by atoms with E-state index in [9.17, 15) is 4.79 Å². The number of carboxylic acid groups (broad SMARTS) is 1. The first-order valence-corrected chi connectivity index (χ1v) is 5.09. The van der Waals surface area contributed by atoms with Crippen LogP contribution in [0.3, 0.4) is 0 Å². The maximum atomic E-state index is 11.1. The van der Waals surface area contributed by atoms with Gasteiger partial charge in [0.25, 0.3) is 0 Å². The van der Waals surface area contributed by atoms with Crippen molar-refractivity contribution in [2.45, 2.75) is 6.42 Å². The highest BCUT2D eigenvalue weighted by atomic mass is 16.4. The SMILES string of the molecule is C=CCc1cccc2cccc(C(=O)O)c12. The number of carboxylic acids is 1. The van der Waals surface area contributed by atoms with E-state index in [1.165, 1.54) is 0 Å². The fraction of sp³-hybridized carbons (Fsp3) is 0.0714. The van der Waals surface area contributed by atoms with Crippen LogP contribution in [0.1, 0.15) is 15.9 Å². The number of allylic oxidation sites excluding steroid dienone is 1. The molecule has 16 heavy (non-hydrogen) atoms. The summed E-state index contributed by atoms with van der Waals surface area (Å²) in [6.45, 7) is 3.69. The molecule has 2 nitrogen and oxygen atoms in total. The highest BCUT2D eigenvalue weighted by molar-refractivity contribution is 6.05. The van der Waals surface area contributed by atoms with E-state index in [1.54, 1.807) is 18.2 Å². The maximum Gasteiger partial charge on any atom is 0.336 e. The number of benzene rings is 2. The molecule has 0 unspecified atom stereocenters. The van der Waals surface area contributed by atoms with Gasteiger partial charge in [0.1, 0.15) is 0 Å². The van der Waals surface area contributed by atoms with Gasteiger partial charge in [-0.3, -0.25) is 0 Å². The van der Waals surface area contributed by atoms with Crippen LogP contribution >= 0.6 is 0 Å². The fourth-order valence-corrected chi connectivity index (χ4v) is 1.92. The van der Waals surface area contributed by atoms with Gasteiger partial charge in [-0.1, -0.05) is 36.4 Å². The Labute approximate surface area is 93.8 Å². The van der Waals surface area contributed by atoms with Crippen molar-refractivity contribution in [1.82, 2.24) is 0 Å². The summed E-state index contributed by atoms with van der Waals surface area (Å²) in [6.07, 6.45) is 2.47. The van der Waals surface area contributed by atoms with Crippen LogP contribution in [0.15, 0.2) is 49.1 Å². The lowest BCUT2D eigenvalue weighted by molar-refractivity contribution is 0.0699. The molecule has 0 radical (unpaired) electrons. The van der Waals surface area contributed by atoms with Crippen molar-refractivity contribution in [3.05, 3.63) is 60.2 Å². The van der Waals surface area contributed by atoms with E-state index < -0.39 is 5.97 Å². The number of hydrogen-bond donors (Lipinski definition) is 1. The van der Waals surface area contributed by atoms with Gasteiger partial charge in [-0.15, -0.1) is 6.58 Å². The first-order valence-electron chi connectivity index (χ1n) is 5.09. The van der Waals surface area contributed by atoms with Gasteiger partial charge < -0.3 is 5.11 Å². The molecule has 0 aliphatic heterocycles. The van der Waals surface area contributed by atoms with Crippen molar-refractivity contribution in [1.29, 1.82) is 0 Å². The van der Waals surface area contributed by atoms with Gasteiger partial charge in [-0.2, -0.15) is 0 Å². The Morgan fingerprint density at radius 3 is 2.56 bits per heavy atom. The zero-order chi connectivity index (χ0) is 11.5. The monoisotopic (exact) mass is 212 g/mol. The Morgan fingerprint density at radius 1 is 1.25 bits per heavy atom. The van der Waals surface area contributed by atoms with Crippen LogP contribution in [-0.4, -0.2) is 11.1 Å². The van der Waals surface area contributed by atoms with Crippen molar-refractivity contribution in [2.75, 3.05) is 0 Å². The quantitative estimate of drug-likeness (QED) is 0.793. The molecule has 0 saturated carbocycles. The molecule has 0 aliphatic carbocycles. The molecule has 80 valence electrons. The molecule has 0 aliphatic rings. The van der Waals surface area contributed by atoms with E-state index in [0.717, 1.165) is 16.3 Å². The van der Waals surface area contributed by atoms with Gasteiger partial charge in [0.15, 0.2) is 0 Å². The zero-order valence-corrected chi connectivity index (χ0v) is 8.81. The molecule has 0 spiro atoms. The molecular weight excluding hydrogens is 200 g/mol. The number of hydrogen-bond acceptors (Lipinski definition) is 1. The predicted octanol–water partition coefficient (Wildman–Crippen LogP) is 3.27. The van der Waals surface area contributed by atoms with E-state index >= 15 is 0 Å². The standard InChI is InChI=1S/C14H12O2/c1-2-5-10-6-3-7-11-8-4-9-12(13(10)11)14(15)16/h2-4,6-9H,1,5H2,(H,15,16). The molecule has 0 fully saturated rings. The van der Waals surface area contributed by atoms with Crippen LogP contribution in [0.25, 0.3) is 10.8 Å². The first-order chi connectivity index (χ1) is 7.74. The Bertz CT molecular complexity index is 550. The van der Waals surface area contributed by atoms with E-state index in [4.69, 9.17) is 5.11 Å². The highest BCUT2D eigenvalue weighted by Gasteiger charge is 2.10. The van der Waals surface area contributed by atoms with E-state index in [0.29, 0.717) is 12.0 Å². The smallest absolute Gasteiger partial charge is 0.336 e. The molecule has 0 bridgehead atoms. The van der Waals surface area contributed by atoms with Gasteiger partial charge in [0.2, 0.25) is 0 Å². The van der Waals surface area contributed by atoms with Gasteiger partial charge in [0, 0.05) is 0 Å². The minimum atomic E-state index is -0.887. The highest BCUT2D eigenvalue weighted by Crippen LogP contribution is 2.23. The van der Waals surface area contributed by atoms with Crippen molar-refractivity contribution in [2.24, 2.45) is 0 Å². The van der Waals surface area contributed by atoms with Crippen molar-refractivity contribution in [3.8, 4) is 0 Å². The summed E-state index contributed by atoms with van der Waals surface area (Å²) < 4.78 is 0. The molecule has 2 rings (SSSR count). The molecule has 2 aromatic carbocycles. The van der Waals surface area contributed by atoms with E-state index in [-0.39, 0.29) is 0 Å². The molecule has 2 heteroatoms. The van der Waals surface area contributed by atoms with Crippen LogP contribution < -0.4 is 0 Å². The minimum Gasteiger partial charge on any atom is -0.478 e. The summed E-state index contributed by atoms with van der Waals surface area (Å²) in [6, 6.07) is 11.1. The van der Waals surface area contributed by atoms with Crippen molar-refractivity contribution in [3.63, 3.8) is 0 Å². The minimum absolute atomic E-state index is 0.356. The molecule has 0 amide bonds. The molecular formula is C14H12O2. The second kappa shape index (κ2) is 4.19. The van der Waals surface area contributed by atoms with Gasteiger partial charge in [-0.05, 0) is 28.8 Å². The topological polar surface area (TPSA) is 37.3 Å². The Balaban J connectivity index is 2.81. The average Bonchev–Trinajstić information content (AvgIpc) is 2.29. The Hall–Kier alpha value is -2.09. The Morgan fingerprint density at radius 2 is 1.94 bits per heavy atom. The lowest BCUT2D eigenvalue weighted by Crippen LogP contribution is -1.99. The molecule has 0 saturated heterocycles. The third-order valence-electron chi connectivity index (χ3n) is 2.59. The number of rotatable bonds is 3. The number of carbonyl (C=O) groups is 1. The van der Waals surface area contributed by atoms with Crippen LogP contribution in [0, 0.1) is 0 Å². The maximum absolute atomic E-state index is 11.1. The second-order valence-corrected chi connectivity index (χ2v) is 3.62. The largest absolute Gasteiger partial charge is 0.478 e. The Kier molecular flexibility index (Phi) is 2.73. The third-order valence-corrected chi connectivity index (χ3v) is 2.59. The first kappa shape index (κ1) is 10.4. The fourth-order valence-electron chi connectivity index (χ4n) is 1.92. The lowest BCUT2D eigenvalue weighted by atomic mass is 9.97. The van der Waals surface area contributed by atoms with Gasteiger partial charge >= 0.3 is 5.97 Å². The lowest BCUT2D eigenvalue weighted by Gasteiger charge is -2.07. The molecule has 0 atom stereocenters. The van der Waals surface area contributed by atoms with Crippen LogP contribution in [0.2, 0.25) is 0 Å². The summed E-state index contributed by atoms with van der Waals surface area (Å²) in [5.41, 5.74) is 1.36. The molecule has 2 aromatic rings. The summed E-state index contributed by atoms with van der Waals surface area (Å²) in [7, 11) is 0. The number of fused-ring (bicyclic) bond motifs is 1. The normalized spacial score (nSPS) is 10.2. The summed E-state index contributed by atoms with van der Waals surface area (Å²) in [5, 5.41) is 10.9. The third kappa shape index (κ3) is 1.70. The number of aromatic carboxylic acids is 1. The molecule has 0 aromatic heterocycles. The molecule has 0 heterocycles. The van der Waals surface area contributed by atoms with Gasteiger partial charge in [-0.25, -0.2) is 4.79 Å². The van der Waals surface area contributed by atoms with Crippen molar-refractivity contribution >= 4 is 16.7 Å². The second-order valence-electron chi connectivity index (χ2n) is 3.62. The summed E-state index contributed by atoms with van der Waals surface area (Å²) in [4.78, 5) is 11.1. The molecule has 1 N–H and O–H groups in total.